The minimum absolute atomic E-state index is 0.00640. The normalized spacial score (nSPS) is 13.6. The Morgan fingerprint density at radius 1 is 0.853 bits per heavy atom. The lowest BCUT2D eigenvalue weighted by molar-refractivity contribution is 0.140. The van der Waals surface area contributed by atoms with Gasteiger partial charge in [0.15, 0.2) is 11.5 Å². The third-order valence-corrected chi connectivity index (χ3v) is 6.12. The maximum Gasteiger partial charge on any atom is 0.162 e. The Labute approximate surface area is 206 Å². The van der Waals surface area contributed by atoms with Crippen molar-refractivity contribution < 1.29 is 14.2 Å². The van der Waals surface area contributed by atoms with Crippen LogP contribution in [-0.2, 0) is 0 Å². The molecule has 0 fully saturated rings. The molecule has 5 rings (SSSR count). The summed E-state index contributed by atoms with van der Waals surface area (Å²) in [6.07, 6.45) is 1.00. The van der Waals surface area contributed by atoms with E-state index < -0.39 is 0 Å². The predicted octanol–water partition coefficient (Wildman–Crippen LogP) is 7.57. The standard InChI is InChI=1S/C22H24O3.C8H6S/c1-4-13-23-19-10-7-17(8-11-19)5-6-18-9-12-20-21(14-18)25-16-22(2,3)15-24-20;1-2-4-8-7(3-1)5-6-9-8/h7-12,14H,4,13,15-16H2,1-3H3;1-6H. The molecule has 0 unspecified atom stereocenters. The van der Waals surface area contributed by atoms with Crippen LogP contribution in [-0.4, -0.2) is 19.8 Å². The third-order valence-electron chi connectivity index (χ3n) is 5.22. The zero-order valence-corrected chi connectivity index (χ0v) is 20.8. The Morgan fingerprint density at radius 2 is 1.56 bits per heavy atom. The monoisotopic (exact) mass is 470 g/mol. The van der Waals surface area contributed by atoms with Crippen LogP contribution in [0.4, 0.5) is 0 Å². The van der Waals surface area contributed by atoms with Gasteiger partial charge in [0.2, 0.25) is 0 Å². The van der Waals surface area contributed by atoms with Crippen LogP contribution in [0.2, 0.25) is 0 Å². The molecule has 1 aliphatic heterocycles. The Bertz CT molecular complexity index is 1250. The number of thiophene rings is 1. The number of ether oxygens (including phenoxy) is 3. The van der Waals surface area contributed by atoms with E-state index >= 15 is 0 Å². The second kappa shape index (κ2) is 11.1. The molecule has 0 saturated carbocycles. The summed E-state index contributed by atoms with van der Waals surface area (Å²) in [6.45, 7) is 8.38. The molecule has 1 aromatic heterocycles. The second-order valence-corrected chi connectivity index (χ2v) is 9.93. The van der Waals surface area contributed by atoms with Crippen LogP contribution in [0, 0.1) is 17.3 Å². The fourth-order valence-electron chi connectivity index (χ4n) is 3.31. The Balaban J connectivity index is 0.000000252. The summed E-state index contributed by atoms with van der Waals surface area (Å²) in [7, 11) is 0. The lowest BCUT2D eigenvalue weighted by Crippen LogP contribution is -2.26. The van der Waals surface area contributed by atoms with Gasteiger partial charge in [0.1, 0.15) is 5.75 Å². The van der Waals surface area contributed by atoms with Crippen LogP contribution < -0.4 is 14.2 Å². The van der Waals surface area contributed by atoms with Crippen molar-refractivity contribution in [2.75, 3.05) is 19.8 Å². The maximum absolute atomic E-state index is 5.90. The molecule has 0 saturated heterocycles. The highest BCUT2D eigenvalue weighted by Gasteiger charge is 2.25. The quantitative estimate of drug-likeness (QED) is 0.289. The Kier molecular flexibility index (Phi) is 7.77. The van der Waals surface area contributed by atoms with Crippen molar-refractivity contribution in [1.82, 2.24) is 0 Å². The van der Waals surface area contributed by atoms with Gasteiger partial charge in [-0.15, -0.1) is 11.3 Å². The van der Waals surface area contributed by atoms with E-state index in [1.165, 1.54) is 10.1 Å². The van der Waals surface area contributed by atoms with E-state index in [1.54, 1.807) is 11.3 Å². The topological polar surface area (TPSA) is 27.7 Å². The van der Waals surface area contributed by atoms with Crippen LogP contribution in [0.25, 0.3) is 10.1 Å². The average molecular weight is 471 g/mol. The summed E-state index contributed by atoms with van der Waals surface area (Å²) in [4.78, 5) is 0. The minimum Gasteiger partial charge on any atom is -0.494 e. The first kappa shape index (κ1) is 23.7. The molecule has 4 heteroatoms. The molecule has 0 N–H and O–H groups in total. The molecule has 0 spiro atoms. The SMILES string of the molecule is CCCOc1ccc(C#Cc2ccc3c(c2)OCC(C)(C)CO3)cc1.c1ccc2sccc2c1. The van der Waals surface area contributed by atoms with Crippen LogP contribution >= 0.6 is 11.3 Å². The Hall–Kier alpha value is -3.42. The summed E-state index contributed by atoms with van der Waals surface area (Å²) >= 11 is 1.79. The number of benzene rings is 3. The van der Waals surface area contributed by atoms with Crippen molar-refractivity contribution in [2.45, 2.75) is 27.2 Å². The molecule has 0 bridgehead atoms. The van der Waals surface area contributed by atoms with Gasteiger partial charge in [0, 0.05) is 21.2 Å². The average Bonchev–Trinajstić information content (AvgIpc) is 3.28. The highest BCUT2D eigenvalue weighted by atomic mass is 32.1. The number of hydrogen-bond acceptors (Lipinski definition) is 4. The van der Waals surface area contributed by atoms with E-state index in [-0.39, 0.29) is 5.41 Å². The molecule has 4 aromatic rings. The highest BCUT2D eigenvalue weighted by molar-refractivity contribution is 7.17. The van der Waals surface area contributed by atoms with Crippen molar-refractivity contribution in [1.29, 1.82) is 0 Å². The van der Waals surface area contributed by atoms with E-state index in [0.29, 0.717) is 13.2 Å². The lowest BCUT2D eigenvalue weighted by atomic mass is 9.97. The van der Waals surface area contributed by atoms with Gasteiger partial charge in [0.05, 0.1) is 19.8 Å². The smallest absolute Gasteiger partial charge is 0.162 e. The predicted molar refractivity (Wildman–Crippen MR) is 141 cm³/mol. The van der Waals surface area contributed by atoms with E-state index in [9.17, 15) is 0 Å². The first-order chi connectivity index (χ1) is 16.5. The van der Waals surface area contributed by atoms with Crippen LogP contribution in [0.5, 0.6) is 17.2 Å². The van der Waals surface area contributed by atoms with Crippen molar-refractivity contribution in [2.24, 2.45) is 5.41 Å². The van der Waals surface area contributed by atoms with E-state index in [2.05, 4.69) is 68.3 Å². The van der Waals surface area contributed by atoms with Gasteiger partial charge >= 0.3 is 0 Å². The molecule has 0 aliphatic carbocycles. The molecular formula is C30H30O3S. The van der Waals surface area contributed by atoms with E-state index in [4.69, 9.17) is 14.2 Å². The Morgan fingerprint density at radius 3 is 2.32 bits per heavy atom. The van der Waals surface area contributed by atoms with Crippen molar-refractivity contribution >= 4 is 21.4 Å². The molecule has 34 heavy (non-hydrogen) atoms. The van der Waals surface area contributed by atoms with Crippen LogP contribution in [0.1, 0.15) is 38.3 Å². The third kappa shape index (κ3) is 6.56. The molecule has 3 nitrogen and oxygen atoms in total. The zero-order chi connectivity index (χ0) is 23.8. The van der Waals surface area contributed by atoms with Crippen molar-refractivity contribution in [3.63, 3.8) is 0 Å². The first-order valence-corrected chi connectivity index (χ1v) is 12.5. The molecule has 3 aromatic carbocycles. The summed E-state index contributed by atoms with van der Waals surface area (Å²) < 4.78 is 18.7. The summed E-state index contributed by atoms with van der Waals surface area (Å²) in [5.41, 5.74) is 1.87. The van der Waals surface area contributed by atoms with Gasteiger partial charge in [0.25, 0.3) is 0 Å². The van der Waals surface area contributed by atoms with E-state index in [0.717, 1.165) is 41.4 Å². The number of rotatable bonds is 3. The molecule has 0 amide bonds. The minimum atomic E-state index is 0.00640. The number of hydrogen-bond donors (Lipinski definition) is 0. The van der Waals surface area contributed by atoms with Gasteiger partial charge < -0.3 is 14.2 Å². The second-order valence-electron chi connectivity index (χ2n) is 8.98. The van der Waals surface area contributed by atoms with Crippen molar-refractivity contribution in [3.8, 4) is 29.1 Å². The van der Waals surface area contributed by atoms with Crippen LogP contribution in [0.3, 0.4) is 0 Å². The molecular weight excluding hydrogens is 440 g/mol. The van der Waals surface area contributed by atoms with Gasteiger partial charge in [-0.05, 0) is 71.8 Å². The first-order valence-electron chi connectivity index (χ1n) is 11.6. The van der Waals surface area contributed by atoms with Gasteiger partial charge in [-0.1, -0.05) is 50.8 Å². The molecule has 1 aliphatic rings. The zero-order valence-electron chi connectivity index (χ0n) is 20.0. The highest BCUT2D eigenvalue weighted by Crippen LogP contribution is 2.34. The summed E-state index contributed by atoms with van der Waals surface area (Å²) in [6, 6.07) is 24.2. The van der Waals surface area contributed by atoms with Gasteiger partial charge in [-0.25, -0.2) is 0 Å². The molecule has 174 valence electrons. The van der Waals surface area contributed by atoms with Gasteiger partial charge in [-0.2, -0.15) is 0 Å². The molecule has 0 radical (unpaired) electrons. The fraction of sp³-hybridized carbons (Fsp3) is 0.267. The van der Waals surface area contributed by atoms with Crippen molar-refractivity contribution in [3.05, 3.63) is 89.3 Å². The largest absolute Gasteiger partial charge is 0.494 e. The molecule has 2 heterocycles. The van der Waals surface area contributed by atoms with E-state index in [1.807, 2.05) is 42.5 Å². The summed E-state index contributed by atoms with van der Waals surface area (Å²) in [5, 5.41) is 3.47. The number of fused-ring (bicyclic) bond motifs is 2. The molecule has 0 atom stereocenters. The fourth-order valence-corrected chi connectivity index (χ4v) is 4.10. The van der Waals surface area contributed by atoms with Crippen LogP contribution in [0.15, 0.2) is 78.2 Å². The van der Waals surface area contributed by atoms with Gasteiger partial charge in [-0.3, -0.25) is 0 Å². The lowest BCUT2D eigenvalue weighted by Gasteiger charge is -2.19. The summed E-state index contributed by atoms with van der Waals surface area (Å²) in [5.74, 6) is 8.80. The maximum atomic E-state index is 5.90.